The minimum atomic E-state index is 0.0764. The van der Waals surface area contributed by atoms with Gasteiger partial charge in [0.05, 0.1) is 18.7 Å². The van der Waals surface area contributed by atoms with E-state index in [1.54, 1.807) is 12.1 Å². The Morgan fingerprint density at radius 1 is 1.17 bits per heavy atom. The molecule has 30 heavy (non-hydrogen) atoms. The predicted octanol–water partition coefficient (Wildman–Crippen LogP) is 2.34. The zero-order valence-corrected chi connectivity index (χ0v) is 18.3. The summed E-state index contributed by atoms with van der Waals surface area (Å²) in [5.74, 6) is 0.900. The second-order valence-electron chi connectivity index (χ2n) is 7.65. The highest BCUT2D eigenvalue weighted by molar-refractivity contribution is 7.09. The molecule has 1 aliphatic carbocycles. The summed E-state index contributed by atoms with van der Waals surface area (Å²) >= 11 is 7.36. The number of nitrogens with zero attached hydrogens (tertiary/aromatic N) is 3. The van der Waals surface area contributed by atoms with Crippen molar-refractivity contribution in [2.24, 2.45) is 0 Å². The van der Waals surface area contributed by atoms with Gasteiger partial charge in [0.25, 0.3) is 0 Å². The molecule has 0 radical (unpaired) electrons. The first-order valence-corrected chi connectivity index (χ1v) is 11.4. The Kier molecular flexibility index (Phi) is 6.86. The molecule has 2 aromatic rings. The van der Waals surface area contributed by atoms with Crippen LogP contribution in [0, 0.1) is 0 Å². The molecule has 7 nitrogen and oxygen atoms in total. The minimum absolute atomic E-state index is 0.0764. The van der Waals surface area contributed by atoms with Gasteiger partial charge in [0, 0.05) is 42.6 Å². The third-order valence-electron chi connectivity index (χ3n) is 5.14. The highest BCUT2D eigenvalue weighted by atomic mass is 35.5. The van der Waals surface area contributed by atoms with Crippen LogP contribution in [0.25, 0.3) is 0 Å². The van der Waals surface area contributed by atoms with Crippen LogP contribution in [0.4, 0.5) is 0 Å². The molecule has 0 bridgehead atoms. The van der Waals surface area contributed by atoms with Crippen LogP contribution in [0.1, 0.15) is 23.5 Å². The Morgan fingerprint density at radius 3 is 2.60 bits per heavy atom. The average Bonchev–Trinajstić information content (AvgIpc) is 3.44. The number of aromatic nitrogens is 1. The molecule has 1 aliphatic heterocycles. The summed E-state index contributed by atoms with van der Waals surface area (Å²) in [7, 11) is 0. The molecule has 2 amide bonds. The van der Waals surface area contributed by atoms with Crippen molar-refractivity contribution in [1.82, 2.24) is 20.1 Å². The van der Waals surface area contributed by atoms with Gasteiger partial charge >= 0.3 is 0 Å². The molecule has 2 fully saturated rings. The van der Waals surface area contributed by atoms with Gasteiger partial charge in [-0.3, -0.25) is 14.5 Å². The summed E-state index contributed by atoms with van der Waals surface area (Å²) in [5, 5.41) is 6.42. The van der Waals surface area contributed by atoms with E-state index in [-0.39, 0.29) is 11.8 Å². The molecule has 2 heterocycles. The number of piperazine rings is 1. The summed E-state index contributed by atoms with van der Waals surface area (Å²) in [5.41, 5.74) is 0.769. The number of thiazole rings is 1. The van der Waals surface area contributed by atoms with Crippen molar-refractivity contribution in [2.75, 3.05) is 32.7 Å². The monoisotopic (exact) mass is 448 g/mol. The van der Waals surface area contributed by atoms with E-state index in [0.717, 1.165) is 42.4 Å². The number of carbonyl (C=O) groups excluding carboxylic acids is 2. The maximum Gasteiger partial charge on any atom is 0.234 e. The molecule has 160 valence electrons. The molecule has 1 N–H and O–H groups in total. The third kappa shape index (κ3) is 6.17. The van der Waals surface area contributed by atoms with Gasteiger partial charge in [0.15, 0.2) is 0 Å². The van der Waals surface area contributed by atoms with E-state index in [0.29, 0.717) is 43.7 Å². The van der Waals surface area contributed by atoms with E-state index < -0.39 is 0 Å². The van der Waals surface area contributed by atoms with Crippen molar-refractivity contribution < 1.29 is 14.3 Å². The fourth-order valence-electron chi connectivity index (χ4n) is 3.30. The van der Waals surface area contributed by atoms with Crippen molar-refractivity contribution in [2.45, 2.75) is 31.9 Å². The number of carbonyl (C=O) groups is 2. The third-order valence-corrected chi connectivity index (χ3v) is 6.27. The zero-order chi connectivity index (χ0) is 20.9. The van der Waals surface area contributed by atoms with Gasteiger partial charge in [-0.2, -0.15) is 0 Å². The number of benzene rings is 1. The standard InChI is InChI=1S/C21H25ClN4O3S/c22-15-1-5-18(6-2-15)29-13-20-24-17(14-30-20)11-21(28)26-9-7-25(8-10-26)12-19(27)23-16-3-4-16/h1-2,5-6,14,16H,3-4,7-13H2,(H,23,27). The SMILES string of the molecule is O=C(CN1CCN(C(=O)Cc2csc(COc3ccc(Cl)cc3)n2)CC1)NC1CC1. The molecule has 0 unspecified atom stereocenters. The smallest absolute Gasteiger partial charge is 0.234 e. The topological polar surface area (TPSA) is 74.8 Å². The number of halogens is 1. The first-order chi connectivity index (χ1) is 14.5. The van der Waals surface area contributed by atoms with Crippen molar-refractivity contribution in [3.05, 3.63) is 45.4 Å². The van der Waals surface area contributed by atoms with E-state index >= 15 is 0 Å². The molecule has 4 rings (SSSR count). The number of hydrogen-bond donors (Lipinski definition) is 1. The lowest BCUT2D eigenvalue weighted by atomic mass is 10.2. The molecule has 1 aromatic heterocycles. The van der Waals surface area contributed by atoms with Crippen molar-refractivity contribution >= 4 is 34.8 Å². The highest BCUT2D eigenvalue weighted by Crippen LogP contribution is 2.19. The second-order valence-corrected chi connectivity index (χ2v) is 9.03. The molecule has 0 atom stereocenters. The van der Waals surface area contributed by atoms with Crippen LogP contribution in [0.15, 0.2) is 29.6 Å². The summed E-state index contributed by atoms with van der Waals surface area (Å²) in [4.78, 5) is 33.0. The van der Waals surface area contributed by atoms with Gasteiger partial charge in [0.2, 0.25) is 11.8 Å². The van der Waals surface area contributed by atoms with Gasteiger partial charge in [0.1, 0.15) is 17.4 Å². The Hall–Kier alpha value is -2.16. The number of ether oxygens (including phenoxy) is 1. The Balaban J connectivity index is 1.19. The fourth-order valence-corrected chi connectivity index (χ4v) is 4.13. The van der Waals surface area contributed by atoms with Crippen LogP contribution in [-0.2, 0) is 22.6 Å². The lowest BCUT2D eigenvalue weighted by Gasteiger charge is -2.34. The van der Waals surface area contributed by atoms with Crippen LogP contribution in [0.3, 0.4) is 0 Å². The Morgan fingerprint density at radius 2 is 1.90 bits per heavy atom. The van der Waals surface area contributed by atoms with Gasteiger partial charge in [-0.25, -0.2) is 4.98 Å². The van der Waals surface area contributed by atoms with Crippen LogP contribution < -0.4 is 10.1 Å². The first kappa shape index (κ1) is 21.1. The number of nitrogens with one attached hydrogen (secondary N) is 1. The molecule has 2 aliphatic rings. The van der Waals surface area contributed by atoms with Crippen LogP contribution in [0.5, 0.6) is 5.75 Å². The summed E-state index contributed by atoms with van der Waals surface area (Å²) in [6, 6.07) is 7.58. The van der Waals surface area contributed by atoms with Crippen molar-refractivity contribution in [1.29, 1.82) is 0 Å². The zero-order valence-electron chi connectivity index (χ0n) is 16.7. The van der Waals surface area contributed by atoms with Gasteiger partial charge in [-0.15, -0.1) is 11.3 Å². The predicted molar refractivity (Wildman–Crippen MR) is 116 cm³/mol. The van der Waals surface area contributed by atoms with Crippen LogP contribution >= 0.6 is 22.9 Å². The molecular weight excluding hydrogens is 424 g/mol. The summed E-state index contributed by atoms with van der Waals surface area (Å²) in [6.07, 6.45) is 2.48. The molecular formula is C21H25ClN4O3S. The van der Waals surface area contributed by atoms with Crippen molar-refractivity contribution in [3.8, 4) is 5.75 Å². The van der Waals surface area contributed by atoms with E-state index in [4.69, 9.17) is 16.3 Å². The molecule has 1 aromatic carbocycles. The number of amides is 2. The largest absolute Gasteiger partial charge is 0.486 e. The van der Waals surface area contributed by atoms with E-state index in [1.807, 2.05) is 22.4 Å². The molecule has 1 saturated heterocycles. The lowest BCUT2D eigenvalue weighted by Crippen LogP contribution is -2.51. The average molecular weight is 449 g/mol. The second kappa shape index (κ2) is 9.76. The van der Waals surface area contributed by atoms with Crippen LogP contribution in [0.2, 0.25) is 5.02 Å². The fraction of sp³-hybridized carbons (Fsp3) is 0.476. The summed E-state index contributed by atoms with van der Waals surface area (Å²) in [6.45, 7) is 3.52. The van der Waals surface area contributed by atoms with E-state index in [1.165, 1.54) is 11.3 Å². The van der Waals surface area contributed by atoms with Crippen LogP contribution in [-0.4, -0.2) is 65.4 Å². The van der Waals surface area contributed by atoms with E-state index in [9.17, 15) is 9.59 Å². The number of hydrogen-bond acceptors (Lipinski definition) is 6. The maximum absolute atomic E-state index is 12.6. The first-order valence-electron chi connectivity index (χ1n) is 10.2. The van der Waals surface area contributed by atoms with E-state index in [2.05, 4.69) is 15.2 Å². The molecule has 0 spiro atoms. The van der Waals surface area contributed by atoms with Gasteiger partial charge in [-0.1, -0.05) is 11.6 Å². The number of rotatable bonds is 8. The minimum Gasteiger partial charge on any atom is -0.486 e. The highest BCUT2D eigenvalue weighted by Gasteiger charge is 2.26. The normalized spacial score (nSPS) is 17.0. The Labute approximate surface area is 185 Å². The summed E-state index contributed by atoms with van der Waals surface area (Å²) < 4.78 is 5.71. The quantitative estimate of drug-likeness (QED) is 0.671. The Bertz CT molecular complexity index is 877. The lowest BCUT2D eigenvalue weighted by molar-refractivity contribution is -0.132. The van der Waals surface area contributed by atoms with Crippen molar-refractivity contribution in [3.63, 3.8) is 0 Å². The molecule has 1 saturated carbocycles. The van der Waals surface area contributed by atoms with Gasteiger partial charge < -0.3 is 15.0 Å². The maximum atomic E-state index is 12.6. The van der Waals surface area contributed by atoms with Gasteiger partial charge in [-0.05, 0) is 37.1 Å². The molecule has 9 heteroatoms.